The Hall–Kier alpha value is -0.0800. The fraction of sp³-hybridized carbons (Fsp3) is 1.00. The Morgan fingerprint density at radius 1 is 1.17 bits per heavy atom. The average Bonchev–Trinajstić information content (AvgIpc) is 1.82. The first kappa shape index (κ1) is 11.9. The predicted octanol–water partition coefficient (Wildman–Crippen LogP) is 2.96. The third-order valence-corrected chi connectivity index (χ3v) is 1.24. The number of ether oxygens (including phenoxy) is 2. The third kappa shape index (κ3) is 6.62. The van der Waals surface area contributed by atoms with Crippen molar-refractivity contribution >= 4 is 0 Å². The van der Waals surface area contributed by atoms with Crippen molar-refractivity contribution in [2.24, 2.45) is 0 Å². The van der Waals surface area contributed by atoms with E-state index in [4.69, 9.17) is 9.47 Å². The van der Waals surface area contributed by atoms with Gasteiger partial charge in [0.2, 0.25) is 0 Å². The van der Waals surface area contributed by atoms with Crippen LogP contribution >= 0.6 is 0 Å². The lowest BCUT2D eigenvalue weighted by atomic mass is 10.2. The molecule has 1 unspecified atom stereocenters. The van der Waals surface area contributed by atoms with Gasteiger partial charge >= 0.3 is 0 Å². The molecule has 0 saturated carbocycles. The summed E-state index contributed by atoms with van der Waals surface area (Å²) in [7, 11) is 0. The summed E-state index contributed by atoms with van der Waals surface area (Å²) in [5.74, 6) is 0. The molecule has 12 heavy (non-hydrogen) atoms. The SMILES string of the molecule is CCC(OC(C)C)OC(C)(C)C. The number of hydrogen-bond donors (Lipinski definition) is 0. The quantitative estimate of drug-likeness (QED) is 0.610. The Kier molecular flexibility index (Phi) is 4.80. The lowest BCUT2D eigenvalue weighted by Crippen LogP contribution is -2.30. The van der Waals surface area contributed by atoms with Crippen LogP contribution in [0.4, 0.5) is 0 Å². The second-order valence-corrected chi connectivity index (χ2v) is 4.25. The molecular weight excluding hydrogens is 152 g/mol. The average molecular weight is 174 g/mol. The first-order valence-corrected chi connectivity index (χ1v) is 4.68. The van der Waals surface area contributed by atoms with Crippen molar-refractivity contribution in [1.82, 2.24) is 0 Å². The van der Waals surface area contributed by atoms with Crippen molar-refractivity contribution in [2.75, 3.05) is 0 Å². The Bertz CT molecular complexity index is 113. The first-order chi connectivity index (χ1) is 5.35. The van der Waals surface area contributed by atoms with E-state index in [1.807, 2.05) is 34.6 Å². The van der Waals surface area contributed by atoms with Gasteiger partial charge in [-0.25, -0.2) is 0 Å². The van der Waals surface area contributed by atoms with Crippen molar-refractivity contribution < 1.29 is 9.47 Å². The summed E-state index contributed by atoms with van der Waals surface area (Å²) < 4.78 is 11.2. The van der Waals surface area contributed by atoms with Gasteiger partial charge in [0, 0.05) is 0 Å². The van der Waals surface area contributed by atoms with E-state index in [2.05, 4.69) is 6.92 Å². The van der Waals surface area contributed by atoms with E-state index < -0.39 is 0 Å². The van der Waals surface area contributed by atoms with Gasteiger partial charge in [0.05, 0.1) is 11.7 Å². The van der Waals surface area contributed by atoms with Crippen LogP contribution in [0.3, 0.4) is 0 Å². The highest BCUT2D eigenvalue weighted by molar-refractivity contribution is 4.60. The Labute approximate surface area is 76.3 Å². The van der Waals surface area contributed by atoms with Crippen LogP contribution < -0.4 is 0 Å². The second-order valence-electron chi connectivity index (χ2n) is 4.25. The highest BCUT2D eigenvalue weighted by Crippen LogP contribution is 2.14. The molecule has 0 heterocycles. The van der Waals surface area contributed by atoms with Crippen LogP contribution in [0.5, 0.6) is 0 Å². The molecule has 0 amide bonds. The standard InChI is InChI=1S/C10H22O2/c1-7-9(11-8(2)3)12-10(4,5)6/h8-9H,7H2,1-6H3. The second kappa shape index (κ2) is 4.83. The van der Waals surface area contributed by atoms with Gasteiger partial charge in [-0.05, 0) is 41.0 Å². The lowest BCUT2D eigenvalue weighted by molar-refractivity contribution is -0.210. The maximum Gasteiger partial charge on any atom is 0.158 e. The molecule has 0 aliphatic heterocycles. The molecule has 2 heteroatoms. The summed E-state index contributed by atoms with van der Waals surface area (Å²) in [4.78, 5) is 0. The number of hydrogen-bond acceptors (Lipinski definition) is 2. The van der Waals surface area contributed by atoms with Gasteiger partial charge in [0.25, 0.3) is 0 Å². The molecule has 0 aliphatic carbocycles. The largest absolute Gasteiger partial charge is 0.350 e. The highest BCUT2D eigenvalue weighted by Gasteiger charge is 2.18. The topological polar surface area (TPSA) is 18.5 Å². The van der Waals surface area contributed by atoms with Crippen LogP contribution in [0.1, 0.15) is 48.0 Å². The maximum absolute atomic E-state index is 5.68. The summed E-state index contributed by atoms with van der Waals surface area (Å²) >= 11 is 0. The Morgan fingerprint density at radius 3 is 1.92 bits per heavy atom. The molecule has 0 bridgehead atoms. The molecule has 2 nitrogen and oxygen atoms in total. The smallest absolute Gasteiger partial charge is 0.158 e. The molecule has 0 radical (unpaired) electrons. The molecule has 0 saturated heterocycles. The summed E-state index contributed by atoms with van der Waals surface area (Å²) in [6, 6.07) is 0. The zero-order chi connectivity index (χ0) is 9.78. The maximum atomic E-state index is 5.68. The molecule has 0 aromatic rings. The van der Waals surface area contributed by atoms with Gasteiger partial charge in [-0.2, -0.15) is 0 Å². The van der Waals surface area contributed by atoms with E-state index in [0.717, 1.165) is 6.42 Å². The van der Waals surface area contributed by atoms with Crippen molar-refractivity contribution in [3.05, 3.63) is 0 Å². The van der Waals surface area contributed by atoms with Crippen LogP contribution in [0, 0.1) is 0 Å². The van der Waals surface area contributed by atoms with E-state index in [9.17, 15) is 0 Å². The van der Waals surface area contributed by atoms with Crippen LogP contribution in [-0.2, 0) is 9.47 Å². The minimum Gasteiger partial charge on any atom is -0.350 e. The summed E-state index contributed by atoms with van der Waals surface area (Å²) in [5.41, 5.74) is -0.116. The summed E-state index contributed by atoms with van der Waals surface area (Å²) in [6.45, 7) is 12.2. The summed E-state index contributed by atoms with van der Waals surface area (Å²) in [5, 5.41) is 0. The van der Waals surface area contributed by atoms with Crippen molar-refractivity contribution in [2.45, 2.75) is 66.0 Å². The molecule has 1 atom stereocenters. The van der Waals surface area contributed by atoms with Gasteiger partial charge in [0.1, 0.15) is 0 Å². The molecule has 0 aromatic heterocycles. The molecule has 0 aromatic carbocycles. The minimum atomic E-state index is -0.116. The van der Waals surface area contributed by atoms with E-state index in [1.54, 1.807) is 0 Å². The Morgan fingerprint density at radius 2 is 1.67 bits per heavy atom. The highest BCUT2D eigenvalue weighted by atomic mass is 16.7. The molecule has 0 aliphatic rings. The fourth-order valence-corrected chi connectivity index (χ4v) is 0.905. The van der Waals surface area contributed by atoms with Gasteiger partial charge < -0.3 is 9.47 Å². The molecular formula is C10H22O2. The van der Waals surface area contributed by atoms with E-state index in [1.165, 1.54) is 0 Å². The molecule has 0 fully saturated rings. The van der Waals surface area contributed by atoms with Gasteiger partial charge in [0.15, 0.2) is 6.29 Å². The molecule has 74 valence electrons. The van der Waals surface area contributed by atoms with E-state index in [0.29, 0.717) is 0 Å². The van der Waals surface area contributed by atoms with Gasteiger partial charge in [-0.1, -0.05) is 6.92 Å². The van der Waals surface area contributed by atoms with Crippen LogP contribution in [0.2, 0.25) is 0 Å². The third-order valence-electron chi connectivity index (χ3n) is 1.24. The van der Waals surface area contributed by atoms with E-state index in [-0.39, 0.29) is 18.0 Å². The normalized spacial score (nSPS) is 15.2. The monoisotopic (exact) mass is 174 g/mol. The first-order valence-electron chi connectivity index (χ1n) is 4.68. The van der Waals surface area contributed by atoms with Crippen LogP contribution in [-0.4, -0.2) is 18.0 Å². The zero-order valence-electron chi connectivity index (χ0n) is 9.18. The zero-order valence-corrected chi connectivity index (χ0v) is 9.18. The van der Waals surface area contributed by atoms with Crippen molar-refractivity contribution in [3.8, 4) is 0 Å². The Balaban J connectivity index is 3.83. The molecule has 0 rings (SSSR count). The van der Waals surface area contributed by atoms with Crippen LogP contribution in [0.15, 0.2) is 0 Å². The van der Waals surface area contributed by atoms with E-state index >= 15 is 0 Å². The van der Waals surface area contributed by atoms with Crippen LogP contribution in [0.25, 0.3) is 0 Å². The van der Waals surface area contributed by atoms with Crippen molar-refractivity contribution in [3.63, 3.8) is 0 Å². The predicted molar refractivity (Wildman–Crippen MR) is 51.1 cm³/mol. The lowest BCUT2D eigenvalue weighted by Gasteiger charge is -2.28. The summed E-state index contributed by atoms with van der Waals surface area (Å²) in [6.07, 6.45) is 1.07. The molecule has 0 spiro atoms. The fourth-order valence-electron chi connectivity index (χ4n) is 0.905. The minimum absolute atomic E-state index is 0.0648. The van der Waals surface area contributed by atoms with Gasteiger partial charge in [-0.3, -0.25) is 0 Å². The number of rotatable bonds is 4. The molecule has 0 N–H and O–H groups in total. The van der Waals surface area contributed by atoms with Crippen molar-refractivity contribution in [1.29, 1.82) is 0 Å². The van der Waals surface area contributed by atoms with Gasteiger partial charge in [-0.15, -0.1) is 0 Å².